The van der Waals surface area contributed by atoms with E-state index in [-0.39, 0.29) is 24.3 Å². The van der Waals surface area contributed by atoms with Crippen molar-refractivity contribution < 1.29 is 19.1 Å². The van der Waals surface area contributed by atoms with Crippen molar-refractivity contribution in [1.82, 2.24) is 16.0 Å². The van der Waals surface area contributed by atoms with Gasteiger partial charge in [0, 0.05) is 13.5 Å². The highest BCUT2D eigenvalue weighted by molar-refractivity contribution is 5.86. The molecule has 7 heteroatoms. The van der Waals surface area contributed by atoms with Crippen LogP contribution in [-0.2, 0) is 14.3 Å². The van der Waals surface area contributed by atoms with E-state index in [0.717, 1.165) is 12.8 Å². The number of carbonyl (C=O) groups is 3. The Hall–Kier alpha value is -2.31. The first kappa shape index (κ1) is 21.7. The first-order valence-electron chi connectivity index (χ1n) is 8.10. The first-order chi connectivity index (χ1) is 11.4. The van der Waals surface area contributed by atoms with Crippen molar-refractivity contribution >= 4 is 17.9 Å². The number of hydrogen-bond donors (Lipinski definition) is 3. The fourth-order valence-electron chi connectivity index (χ4n) is 1.83. The van der Waals surface area contributed by atoms with E-state index in [4.69, 9.17) is 4.74 Å². The highest BCUT2D eigenvalue weighted by Gasteiger charge is 2.21. The zero-order chi connectivity index (χ0) is 18.4. The Bertz CT molecular complexity index is 447. The number of alkyl carbamates (subject to hydrolysis) is 1. The summed E-state index contributed by atoms with van der Waals surface area (Å²) in [7, 11) is 0. The normalized spacial score (nSPS) is 11.8. The standard InChI is InChI=1S/C17H29N3O4/c1-5-11-24-17(23)20-15(12-13(2)3)16(22)19-10-8-6-7-9-18-14(4)21/h5,8,10,13,15H,1,6-7,9,11-12H2,2-4H3,(H,18,21)(H,19,22)(H,20,23)/t15-/m1/s1. The molecule has 3 N–H and O–H groups in total. The minimum atomic E-state index is -0.661. The van der Waals surface area contributed by atoms with Crippen LogP contribution in [0.3, 0.4) is 0 Å². The topological polar surface area (TPSA) is 96.5 Å². The van der Waals surface area contributed by atoms with E-state index < -0.39 is 12.1 Å². The van der Waals surface area contributed by atoms with Gasteiger partial charge in [0.15, 0.2) is 0 Å². The van der Waals surface area contributed by atoms with Crippen LogP contribution < -0.4 is 16.0 Å². The Kier molecular flexibility index (Phi) is 11.9. The van der Waals surface area contributed by atoms with Gasteiger partial charge in [-0.25, -0.2) is 4.79 Å². The van der Waals surface area contributed by atoms with Gasteiger partial charge in [-0.05, 0) is 31.4 Å². The predicted molar refractivity (Wildman–Crippen MR) is 93.1 cm³/mol. The van der Waals surface area contributed by atoms with E-state index in [2.05, 4.69) is 22.5 Å². The number of allylic oxidation sites excluding steroid dienone is 1. The molecule has 0 unspecified atom stereocenters. The third-order valence-electron chi connectivity index (χ3n) is 2.91. The van der Waals surface area contributed by atoms with E-state index in [1.54, 1.807) is 6.20 Å². The predicted octanol–water partition coefficient (Wildman–Crippen LogP) is 1.86. The summed E-state index contributed by atoms with van der Waals surface area (Å²) in [5.41, 5.74) is 0. The molecule has 0 saturated heterocycles. The number of ether oxygens (including phenoxy) is 1. The van der Waals surface area contributed by atoms with Crippen LogP contribution in [0.2, 0.25) is 0 Å². The van der Waals surface area contributed by atoms with Gasteiger partial charge >= 0.3 is 6.09 Å². The molecule has 0 radical (unpaired) electrons. The highest BCUT2D eigenvalue weighted by atomic mass is 16.5. The summed E-state index contributed by atoms with van der Waals surface area (Å²) in [5.74, 6) is -0.113. The second-order valence-corrected chi connectivity index (χ2v) is 5.75. The first-order valence-corrected chi connectivity index (χ1v) is 8.10. The van der Waals surface area contributed by atoms with Crippen LogP contribution in [0, 0.1) is 5.92 Å². The van der Waals surface area contributed by atoms with E-state index in [0.29, 0.717) is 13.0 Å². The molecule has 136 valence electrons. The molecule has 0 aromatic rings. The molecule has 0 spiro atoms. The minimum absolute atomic E-state index is 0.0572. The van der Waals surface area contributed by atoms with Gasteiger partial charge < -0.3 is 20.7 Å². The summed E-state index contributed by atoms with van der Waals surface area (Å²) in [6, 6.07) is -0.661. The van der Waals surface area contributed by atoms with Gasteiger partial charge in [0.05, 0.1) is 0 Å². The van der Waals surface area contributed by atoms with E-state index in [1.807, 2.05) is 19.9 Å². The van der Waals surface area contributed by atoms with Crippen molar-refractivity contribution in [2.45, 2.75) is 46.1 Å². The number of hydrogen-bond acceptors (Lipinski definition) is 4. The van der Waals surface area contributed by atoms with Crippen molar-refractivity contribution in [3.05, 3.63) is 24.9 Å². The molecule has 1 atom stereocenters. The van der Waals surface area contributed by atoms with Crippen LogP contribution in [-0.4, -0.2) is 37.1 Å². The molecule has 0 bridgehead atoms. The monoisotopic (exact) mass is 339 g/mol. The quantitative estimate of drug-likeness (QED) is 0.395. The molecule has 0 saturated carbocycles. The molecule has 0 aliphatic heterocycles. The summed E-state index contributed by atoms with van der Waals surface area (Å²) >= 11 is 0. The summed E-state index contributed by atoms with van der Waals surface area (Å²) < 4.78 is 4.84. The molecule has 7 nitrogen and oxygen atoms in total. The number of nitrogens with one attached hydrogen (secondary N) is 3. The molecule has 0 fully saturated rings. The lowest BCUT2D eigenvalue weighted by molar-refractivity contribution is -0.122. The van der Waals surface area contributed by atoms with Gasteiger partial charge in [-0.15, -0.1) is 0 Å². The fourth-order valence-corrected chi connectivity index (χ4v) is 1.83. The smallest absolute Gasteiger partial charge is 0.408 e. The van der Waals surface area contributed by atoms with Gasteiger partial charge in [0.1, 0.15) is 12.6 Å². The molecule has 3 amide bonds. The fraction of sp³-hybridized carbons (Fsp3) is 0.588. The molecule has 0 aromatic heterocycles. The van der Waals surface area contributed by atoms with Crippen LogP contribution >= 0.6 is 0 Å². The summed E-state index contributed by atoms with van der Waals surface area (Å²) in [4.78, 5) is 34.4. The largest absolute Gasteiger partial charge is 0.445 e. The van der Waals surface area contributed by atoms with E-state index in [9.17, 15) is 14.4 Å². The summed E-state index contributed by atoms with van der Waals surface area (Å²) in [5, 5.41) is 7.90. The van der Waals surface area contributed by atoms with Crippen molar-refractivity contribution in [3.63, 3.8) is 0 Å². The Morgan fingerprint density at radius 3 is 2.54 bits per heavy atom. The van der Waals surface area contributed by atoms with Crippen molar-refractivity contribution in [3.8, 4) is 0 Å². The summed E-state index contributed by atoms with van der Waals surface area (Å²) in [6.45, 7) is 9.55. The van der Waals surface area contributed by atoms with Crippen LogP contribution in [0.4, 0.5) is 4.79 Å². The third kappa shape index (κ3) is 12.3. The molecule has 0 rings (SSSR count). The van der Waals surface area contributed by atoms with Crippen molar-refractivity contribution in [2.75, 3.05) is 13.2 Å². The lowest BCUT2D eigenvalue weighted by Gasteiger charge is -2.18. The van der Waals surface area contributed by atoms with Gasteiger partial charge in [-0.2, -0.15) is 0 Å². The molecule has 24 heavy (non-hydrogen) atoms. The van der Waals surface area contributed by atoms with Crippen LogP contribution in [0.1, 0.15) is 40.0 Å². The third-order valence-corrected chi connectivity index (χ3v) is 2.91. The molecule has 0 heterocycles. The second kappa shape index (κ2) is 13.2. The van der Waals surface area contributed by atoms with Gasteiger partial charge in [-0.1, -0.05) is 32.6 Å². The molecule has 0 aromatic carbocycles. The SMILES string of the molecule is C=CCOC(=O)N[C@H](CC(C)C)C(=O)NC=CCCCNC(C)=O. The van der Waals surface area contributed by atoms with Gasteiger partial charge in [0.25, 0.3) is 0 Å². The van der Waals surface area contributed by atoms with Gasteiger partial charge in [0.2, 0.25) is 11.8 Å². The molecular weight excluding hydrogens is 310 g/mol. The number of unbranched alkanes of at least 4 members (excludes halogenated alkanes) is 1. The second-order valence-electron chi connectivity index (χ2n) is 5.75. The highest BCUT2D eigenvalue weighted by Crippen LogP contribution is 2.05. The Morgan fingerprint density at radius 1 is 1.25 bits per heavy atom. The number of amides is 3. The Morgan fingerprint density at radius 2 is 1.96 bits per heavy atom. The summed E-state index contributed by atoms with van der Waals surface area (Å²) in [6.07, 6.45) is 6.20. The van der Waals surface area contributed by atoms with Crippen LogP contribution in [0.25, 0.3) is 0 Å². The van der Waals surface area contributed by atoms with Crippen LogP contribution in [0.5, 0.6) is 0 Å². The van der Waals surface area contributed by atoms with E-state index >= 15 is 0 Å². The Labute approximate surface area is 143 Å². The van der Waals surface area contributed by atoms with E-state index in [1.165, 1.54) is 13.0 Å². The Balaban J connectivity index is 4.26. The maximum Gasteiger partial charge on any atom is 0.408 e. The lowest BCUT2D eigenvalue weighted by atomic mass is 10.0. The minimum Gasteiger partial charge on any atom is -0.445 e. The lowest BCUT2D eigenvalue weighted by Crippen LogP contribution is -2.46. The maximum atomic E-state index is 12.2. The van der Waals surface area contributed by atoms with Crippen LogP contribution in [0.15, 0.2) is 24.9 Å². The average molecular weight is 339 g/mol. The van der Waals surface area contributed by atoms with Crippen molar-refractivity contribution in [2.24, 2.45) is 5.92 Å². The molecular formula is C17H29N3O4. The zero-order valence-corrected chi connectivity index (χ0v) is 14.8. The number of carbonyl (C=O) groups excluding carboxylic acids is 3. The molecule has 0 aliphatic carbocycles. The molecule has 0 aliphatic rings. The maximum absolute atomic E-state index is 12.2. The number of rotatable bonds is 11. The average Bonchev–Trinajstić information content (AvgIpc) is 2.50. The zero-order valence-electron chi connectivity index (χ0n) is 14.8. The van der Waals surface area contributed by atoms with Crippen molar-refractivity contribution in [1.29, 1.82) is 0 Å². The van der Waals surface area contributed by atoms with Gasteiger partial charge in [-0.3, -0.25) is 9.59 Å².